The highest BCUT2D eigenvalue weighted by atomic mass is 16.3. The number of unbranched alkanes of at least 4 members (excludes halogenated alkanes) is 1. The SMILES string of the molecule is CCCCNC(=O)c1cn(Cc2ccco2)cc(C(=O)NC[C@@H]2C[C@H]3C=C[C@@H]2C3)c1=O. The second-order valence-corrected chi connectivity index (χ2v) is 8.53. The molecule has 1 fully saturated rings. The van der Waals surface area contributed by atoms with E-state index in [2.05, 4.69) is 22.8 Å². The molecule has 4 rings (SSSR count). The van der Waals surface area contributed by atoms with Crippen LogP contribution in [0.1, 0.15) is 59.1 Å². The molecule has 2 N–H and O–H groups in total. The third kappa shape index (κ3) is 4.81. The molecule has 3 atom stereocenters. The Balaban J connectivity index is 1.54. The van der Waals surface area contributed by atoms with Gasteiger partial charge in [-0.2, -0.15) is 0 Å². The summed E-state index contributed by atoms with van der Waals surface area (Å²) in [6.45, 7) is 3.37. The molecule has 0 saturated heterocycles. The smallest absolute Gasteiger partial charge is 0.256 e. The van der Waals surface area contributed by atoms with Crippen molar-refractivity contribution in [2.24, 2.45) is 17.8 Å². The lowest BCUT2D eigenvalue weighted by Gasteiger charge is -2.18. The number of hydrogen-bond donors (Lipinski definition) is 2. The maximum atomic E-state index is 13.0. The first-order valence-electron chi connectivity index (χ1n) is 11.1. The predicted molar refractivity (Wildman–Crippen MR) is 117 cm³/mol. The second-order valence-electron chi connectivity index (χ2n) is 8.53. The van der Waals surface area contributed by atoms with Crippen molar-refractivity contribution < 1.29 is 14.0 Å². The number of nitrogens with one attached hydrogen (secondary N) is 2. The molecule has 2 aromatic rings. The number of amides is 2. The van der Waals surface area contributed by atoms with Crippen LogP contribution in [0.4, 0.5) is 0 Å². The molecule has 2 amide bonds. The monoisotopic (exact) mass is 423 g/mol. The lowest BCUT2D eigenvalue weighted by Crippen LogP contribution is -2.37. The van der Waals surface area contributed by atoms with Crippen molar-refractivity contribution in [1.82, 2.24) is 15.2 Å². The van der Waals surface area contributed by atoms with Crippen molar-refractivity contribution in [3.05, 3.63) is 70.1 Å². The summed E-state index contributed by atoms with van der Waals surface area (Å²) in [5.41, 5.74) is -0.596. The Morgan fingerprint density at radius 2 is 1.90 bits per heavy atom. The quantitative estimate of drug-likeness (QED) is 0.479. The third-order valence-electron chi connectivity index (χ3n) is 6.24. The number of aromatic nitrogens is 1. The van der Waals surface area contributed by atoms with E-state index >= 15 is 0 Å². The summed E-state index contributed by atoms with van der Waals surface area (Å²) in [6.07, 6.45) is 13.0. The van der Waals surface area contributed by atoms with E-state index in [1.165, 1.54) is 12.4 Å². The molecule has 2 heterocycles. The minimum absolute atomic E-state index is 0.0200. The van der Waals surface area contributed by atoms with Gasteiger partial charge in [-0.3, -0.25) is 14.4 Å². The third-order valence-corrected chi connectivity index (χ3v) is 6.24. The first kappa shape index (κ1) is 21.2. The Morgan fingerprint density at radius 3 is 2.52 bits per heavy atom. The number of hydrogen-bond acceptors (Lipinski definition) is 4. The molecule has 2 aliphatic carbocycles. The molecule has 2 aromatic heterocycles. The molecule has 7 nitrogen and oxygen atoms in total. The normalized spacial score (nSPS) is 21.4. The summed E-state index contributed by atoms with van der Waals surface area (Å²) in [4.78, 5) is 38.6. The van der Waals surface area contributed by atoms with Gasteiger partial charge in [0.05, 0.1) is 12.8 Å². The average Bonchev–Trinajstić information content (AvgIpc) is 3.52. The van der Waals surface area contributed by atoms with Crippen molar-refractivity contribution in [3.63, 3.8) is 0 Å². The van der Waals surface area contributed by atoms with Crippen LogP contribution in [0.3, 0.4) is 0 Å². The van der Waals surface area contributed by atoms with E-state index in [0.717, 1.165) is 25.7 Å². The maximum absolute atomic E-state index is 13.0. The molecule has 31 heavy (non-hydrogen) atoms. The van der Waals surface area contributed by atoms with Crippen LogP contribution in [0, 0.1) is 17.8 Å². The molecule has 1 saturated carbocycles. The Labute approximate surface area is 181 Å². The number of fused-ring (bicyclic) bond motifs is 2. The molecule has 0 aliphatic heterocycles. The molecule has 0 radical (unpaired) electrons. The van der Waals surface area contributed by atoms with Crippen LogP contribution >= 0.6 is 0 Å². The van der Waals surface area contributed by atoms with Crippen molar-refractivity contribution in [2.45, 2.75) is 39.2 Å². The number of carbonyl (C=O) groups is 2. The zero-order valence-electron chi connectivity index (χ0n) is 17.8. The van der Waals surface area contributed by atoms with E-state index in [0.29, 0.717) is 43.1 Å². The highest BCUT2D eigenvalue weighted by Gasteiger charge is 2.35. The number of rotatable bonds is 9. The lowest BCUT2D eigenvalue weighted by atomic mass is 9.93. The summed E-state index contributed by atoms with van der Waals surface area (Å²) >= 11 is 0. The molecule has 0 unspecified atom stereocenters. The molecule has 0 spiro atoms. The molecule has 0 aromatic carbocycles. The largest absolute Gasteiger partial charge is 0.467 e. The topological polar surface area (TPSA) is 93.3 Å². The van der Waals surface area contributed by atoms with E-state index in [1.54, 1.807) is 16.9 Å². The maximum Gasteiger partial charge on any atom is 0.256 e. The van der Waals surface area contributed by atoms with Crippen LogP contribution < -0.4 is 16.1 Å². The molecular weight excluding hydrogens is 394 g/mol. The van der Waals surface area contributed by atoms with Crippen LogP contribution in [0.2, 0.25) is 0 Å². The van der Waals surface area contributed by atoms with Gasteiger partial charge in [-0.25, -0.2) is 0 Å². The Bertz CT molecular complexity index is 1020. The predicted octanol–water partition coefficient (Wildman–Crippen LogP) is 2.96. The highest BCUT2D eigenvalue weighted by Crippen LogP contribution is 2.42. The summed E-state index contributed by atoms with van der Waals surface area (Å²) in [5, 5.41) is 5.70. The van der Waals surface area contributed by atoms with Crippen molar-refractivity contribution in [2.75, 3.05) is 13.1 Å². The first-order valence-corrected chi connectivity index (χ1v) is 11.1. The fraction of sp³-hybridized carbons (Fsp3) is 0.458. The second kappa shape index (κ2) is 9.37. The van der Waals surface area contributed by atoms with Gasteiger partial charge in [0, 0.05) is 25.5 Å². The average molecular weight is 424 g/mol. The van der Waals surface area contributed by atoms with Crippen LogP contribution in [0.15, 0.2) is 52.2 Å². The fourth-order valence-electron chi connectivity index (χ4n) is 4.55. The Morgan fingerprint density at radius 1 is 1.13 bits per heavy atom. The highest BCUT2D eigenvalue weighted by molar-refractivity contribution is 5.99. The van der Waals surface area contributed by atoms with Gasteiger partial charge >= 0.3 is 0 Å². The molecule has 2 bridgehead atoms. The summed E-state index contributed by atoms with van der Waals surface area (Å²) < 4.78 is 7.04. The van der Waals surface area contributed by atoms with E-state index in [1.807, 2.05) is 13.0 Å². The standard InChI is InChI=1S/C24H29N3O4/c1-2-3-8-25-23(29)20-14-27(13-19-5-4-9-31-19)15-21(22(20)28)24(30)26-12-18-11-16-6-7-17(18)10-16/h4-7,9,14-18H,2-3,8,10-13H2,1H3,(H,25,29)(H,26,30)/t16-,17+,18-/m0/s1. The van der Waals surface area contributed by atoms with Gasteiger partial charge in [0.25, 0.3) is 11.8 Å². The summed E-state index contributed by atoms with van der Waals surface area (Å²) in [7, 11) is 0. The lowest BCUT2D eigenvalue weighted by molar-refractivity contribution is 0.0943. The molecule has 7 heteroatoms. The van der Waals surface area contributed by atoms with E-state index < -0.39 is 17.2 Å². The van der Waals surface area contributed by atoms with Crippen molar-refractivity contribution in [1.29, 1.82) is 0 Å². The van der Waals surface area contributed by atoms with Crippen LogP contribution in [-0.2, 0) is 6.54 Å². The first-order chi connectivity index (χ1) is 15.0. The number of allylic oxidation sites excluding steroid dienone is 2. The van der Waals surface area contributed by atoms with E-state index in [9.17, 15) is 14.4 Å². The zero-order valence-corrected chi connectivity index (χ0v) is 17.8. The van der Waals surface area contributed by atoms with Gasteiger partial charge in [-0.15, -0.1) is 0 Å². The molecule has 2 aliphatic rings. The van der Waals surface area contributed by atoms with Gasteiger partial charge in [0.2, 0.25) is 5.43 Å². The number of pyridine rings is 1. The summed E-state index contributed by atoms with van der Waals surface area (Å²) in [5.74, 6) is 1.31. The van der Waals surface area contributed by atoms with Gasteiger partial charge < -0.3 is 19.6 Å². The summed E-state index contributed by atoms with van der Waals surface area (Å²) in [6, 6.07) is 3.58. The minimum atomic E-state index is -0.546. The minimum Gasteiger partial charge on any atom is -0.467 e. The van der Waals surface area contributed by atoms with Gasteiger partial charge in [-0.1, -0.05) is 25.5 Å². The van der Waals surface area contributed by atoms with Crippen molar-refractivity contribution in [3.8, 4) is 0 Å². The van der Waals surface area contributed by atoms with E-state index in [4.69, 9.17) is 4.42 Å². The Kier molecular flexibility index (Phi) is 6.39. The molecular formula is C24H29N3O4. The van der Waals surface area contributed by atoms with Crippen molar-refractivity contribution >= 4 is 11.8 Å². The van der Waals surface area contributed by atoms with Gasteiger partial charge in [0.1, 0.15) is 16.9 Å². The fourth-order valence-corrected chi connectivity index (χ4v) is 4.55. The van der Waals surface area contributed by atoms with Gasteiger partial charge in [0.15, 0.2) is 0 Å². The Hall–Kier alpha value is -3.09. The van der Waals surface area contributed by atoms with Crippen LogP contribution in [0.5, 0.6) is 0 Å². The van der Waals surface area contributed by atoms with Gasteiger partial charge in [-0.05, 0) is 49.1 Å². The number of nitrogens with zero attached hydrogens (tertiary/aromatic N) is 1. The zero-order chi connectivity index (χ0) is 21.8. The number of furan rings is 1. The van der Waals surface area contributed by atoms with Crippen LogP contribution in [-0.4, -0.2) is 29.5 Å². The molecule has 164 valence electrons. The van der Waals surface area contributed by atoms with Crippen LogP contribution in [0.25, 0.3) is 0 Å². The van der Waals surface area contributed by atoms with E-state index in [-0.39, 0.29) is 11.1 Å². The number of carbonyl (C=O) groups excluding carboxylic acids is 2.